The molecule has 0 atom stereocenters. The average molecular weight is 392 g/mol. The first-order valence-electron chi connectivity index (χ1n) is 9.95. The Morgan fingerprint density at radius 3 is 1.23 bits per heavy atom. The van der Waals surface area contributed by atoms with Gasteiger partial charge in [-0.3, -0.25) is 0 Å². The molecule has 2 nitrogen and oxygen atoms in total. The highest BCUT2D eigenvalue weighted by atomic mass is 16.3. The Balaban J connectivity index is 2.09. The number of benzene rings is 4. The molecule has 0 aliphatic heterocycles. The molecule has 0 saturated carbocycles. The first-order valence-corrected chi connectivity index (χ1v) is 9.95. The van der Waals surface area contributed by atoms with Gasteiger partial charge in [-0.05, 0) is 55.3 Å². The second kappa shape index (κ2) is 8.50. The molecule has 4 aromatic rings. The van der Waals surface area contributed by atoms with Gasteiger partial charge in [-0.15, -0.1) is 0 Å². The Morgan fingerprint density at radius 1 is 0.567 bits per heavy atom. The molecule has 0 heterocycles. The highest BCUT2D eigenvalue weighted by molar-refractivity contribution is 6.11. The third-order valence-electron chi connectivity index (χ3n) is 5.55. The van der Waals surface area contributed by atoms with Crippen molar-refractivity contribution in [1.29, 1.82) is 0 Å². The van der Waals surface area contributed by atoms with E-state index in [1.54, 1.807) is 0 Å². The minimum absolute atomic E-state index is 0.0238. The van der Waals surface area contributed by atoms with Crippen LogP contribution in [0.15, 0.2) is 86.0 Å². The van der Waals surface area contributed by atoms with E-state index in [-0.39, 0.29) is 13.2 Å². The van der Waals surface area contributed by atoms with Gasteiger partial charge in [-0.25, -0.2) is 0 Å². The summed E-state index contributed by atoms with van der Waals surface area (Å²) in [6, 6.07) is 24.3. The zero-order chi connectivity index (χ0) is 21.1. The minimum Gasteiger partial charge on any atom is -0.392 e. The Kier molecular flexibility index (Phi) is 5.62. The van der Waals surface area contributed by atoms with Crippen LogP contribution in [0.3, 0.4) is 0 Å². The topological polar surface area (TPSA) is 40.5 Å². The predicted molar refractivity (Wildman–Crippen MR) is 127 cm³/mol. The van der Waals surface area contributed by atoms with Crippen LogP contribution >= 0.6 is 0 Å². The maximum atomic E-state index is 9.41. The van der Waals surface area contributed by atoms with Crippen molar-refractivity contribution in [3.05, 3.63) is 108 Å². The fourth-order valence-corrected chi connectivity index (χ4v) is 4.08. The number of aliphatic hydroxyl groups is 2. The maximum absolute atomic E-state index is 9.41. The first-order chi connectivity index (χ1) is 14.7. The zero-order valence-corrected chi connectivity index (χ0v) is 16.8. The molecule has 0 spiro atoms. The fourth-order valence-electron chi connectivity index (χ4n) is 4.08. The molecule has 0 aromatic heterocycles. The molecular formula is C28H24O2. The van der Waals surface area contributed by atoms with E-state index >= 15 is 0 Å². The van der Waals surface area contributed by atoms with E-state index in [2.05, 4.69) is 25.3 Å². The summed E-state index contributed by atoms with van der Waals surface area (Å²) in [7, 11) is 0. The molecule has 148 valence electrons. The van der Waals surface area contributed by atoms with Crippen molar-refractivity contribution < 1.29 is 10.2 Å². The highest BCUT2D eigenvalue weighted by Gasteiger charge is 2.18. The van der Waals surface area contributed by atoms with E-state index in [1.165, 1.54) is 0 Å². The molecule has 0 fully saturated rings. The lowest BCUT2D eigenvalue weighted by Gasteiger charge is -2.20. The third-order valence-corrected chi connectivity index (χ3v) is 5.55. The van der Waals surface area contributed by atoms with Crippen LogP contribution in [-0.2, 0) is 13.2 Å². The van der Waals surface area contributed by atoms with Gasteiger partial charge in [0.2, 0.25) is 0 Å². The molecule has 0 saturated heterocycles. The van der Waals surface area contributed by atoms with Gasteiger partial charge in [0.15, 0.2) is 0 Å². The van der Waals surface area contributed by atoms with Gasteiger partial charge in [-0.1, -0.05) is 98.1 Å². The molecule has 4 rings (SSSR count). The smallest absolute Gasteiger partial charge is 0.0681 e. The summed E-state index contributed by atoms with van der Waals surface area (Å²) in [5, 5.41) is 21.1. The van der Waals surface area contributed by atoms with Crippen LogP contribution in [0.2, 0.25) is 0 Å². The van der Waals surface area contributed by atoms with Gasteiger partial charge in [0.25, 0.3) is 0 Å². The summed E-state index contributed by atoms with van der Waals surface area (Å²) in [5.74, 6) is 0. The van der Waals surface area contributed by atoms with Crippen molar-refractivity contribution >= 4 is 22.9 Å². The van der Waals surface area contributed by atoms with E-state index in [0.717, 1.165) is 55.3 Å². The SMILES string of the molecule is C=Cc1c(C=C)c(-c2ccc(CO)cc2)c2ccccc2c1-c1ccc(CO)cc1. The van der Waals surface area contributed by atoms with E-state index in [4.69, 9.17) is 0 Å². The summed E-state index contributed by atoms with van der Waals surface area (Å²) < 4.78 is 0. The summed E-state index contributed by atoms with van der Waals surface area (Å²) in [5.41, 5.74) is 8.18. The lowest BCUT2D eigenvalue weighted by molar-refractivity contribution is 0.281. The van der Waals surface area contributed by atoms with Crippen molar-refractivity contribution in [3.63, 3.8) is 0 Å². The van der Waals surface area contributed by atoms with Crippen LogP contribution in [0, 0.1) is 0 Å². The van der Waals surface area contributed by atoms with Crippen LogP contribution in [0.5, 0.6) is 0 Å². The van der Waals surface area contributed by atoms with Crippen molar-refractivity contribution in [2.75, 3.05) is 0 Å². The van der Waals surface area contributed by atoms with Crippen molar-refractivity contribution in [3.8, 4) is 22.3 Å². The lowest BCUT2D eigenvalue weighted by Crippen LogP contribution is -1.96. The highest BCUT2D eigenvalue weighted by Crippen LogP contribution is 2.43. The second-order valence-electron chi connectivity index (χ2n) is 7.24. The molecule has 4 aromatic carbocycles. The number of hydrogen-bond donors (Lipinski definition) is 2. The van der Waals surface area contributed by atoms with Crippen LogP contribution < -0.4 is 0 Å². The lowest BCUT2D eigenvalue weighted by atomic mass is 9.83. The van der Waals surface area contributed by atoms with Crippen LogP contribution in [0.4, 0.5) is 0 Å². The van der Waals surface area contributed by atoms with E-state index in [9.17, 15) is 10.2 Å². The van der Waals surface area contributed by atoms with E-state index < -0.39 is 0 Å². The van der Waals surface area contributed by atoms with E-state index in [1.807, 2.05) is 72.8 Å². The maximum Gasteiger partial charge on any atom is 0.0681 e. The van der Waals surface area contributed by atoms with Crippen LogP contribution in [0.25, 0.3) is 45.2 Å². The number of hydrogen-bond acceptors (Lipinski definition) is 2. The average Bonchev–Trinajstić information content (AvgIpc) is 2.82. The van der Waals surface area contributed by atoms with Gasteiger partial charge in [0, 0.05) is 0 Å². The fraction of sp³-hybridized carbons (Fsp3) is 0.0714. The Hall–Kier alpha value is -3.46. The molecule has 2 N–H and O–H groups in total. The molecule has 0 bridgehead atoms. The normalized spacial score (nSPS) is 10.9. The molecule has 2 heteroatoms. The summed E-state index contributed by atoms with van der Waals surface area (Å²) in [6.45, 7) is 8.26. The summed E-state index contributed by atoms with van der Waals surface area (Å²) >= 11 is 0. The molecule has 0 radical (unpaired) electrons. The van der Waals surface area contributed by atoms with Crippen LogP contribution in [0.1, 0.15) is 22.3 Å². The Bertz CT molecular complexity index is 1120. The molecule has 30 heavy (non-hydrogen) atoms. The third kappa shape index (κ3) is 3.37. The molecule has 0 amide bonds. The largest absolute Gasteiger partial charge is 0.392 e. The summed E-state index contributed by atoms with van der Waals surface area (Å²) in [6.07, 6.45) is 3.79. The molecule has 0 unspecified atom stereocenters. The van der Waals surface area contributed by atoms with Gasteiger partial charge in [0.1, 0.15) is 0 Å². The number of aliphatic hydroxyl groups excluding tert-OH is 2. The summed E-state index contributed by atoms with van der Waals surface area (Å²) in [4.78, 5) is 0. The van der Waals surface area contributed by atoms with Gasteiger partial charge in [0.05, 0.1) is 13.2 Å². The zero-order valence-electron chi connectivity index (χ0n) is 16.8. The molecular weight excluding hydrogens is 368 g/mol. The van der Waals surface area contributed by atoms with E-state index in [0.29, 0.717) is 0 Å². The van der Waals surface area contributed by atoms with Gasteiger partial charge < -0.3 is 10.2 Å². The van der Waals surface area contributed by atoms with Crippen molar-refractivity contribution in [1.82, 2.24) is 0 Å². The Labute approximate surface area is 177 Å². The van der Waals surface area contributed by atoms with Crippen molar-refractivity contribution in [2.24, 2.45) is 0 Å². The standard InChI is InChI=1S/C28H24O2/c1-3-23-24(4-2)28(22-15-11-20(18-30)12-16-22)26-8-6-5-7-25(26)27(23)21-13-9-19(17-29)10-14-21/h3-16,29-30H,1-2,17-18H2. The van der Waals surface area contributed by atoms with Gasteiger partial charge in [-0.2, -0.15) is 0 Å². The Morgan fingerprint density at radius 2 is 0.933 bits per heavy atom. The molecule has 0 aliphatic rings. The monoisotopic (exact) mass is 392 g/mol. The molecule has 0 aliphatic carbocycles. The second-order valence-corrected chi connectivity index (χ2v) is 7.24. The number of fused-ring (bicyclic) bond motifs is 1. The van der Waals surface area contributed by atoms with Gasteiger partial charge >= 0.3 is 0 Å². The van der Waals surface area contributed by atoms with Crippen molar-refractivity contribution in [2.45, 2.75) is 13.2 Å². The first kappa shape index (κ1) is 19.8. The quantitative estimate of drug-likeness (QED) is 0.396. The predicted octanol–water partition coefficient (Wildman–Crippen LogP) is 6.44. The number of rotatable bonds is 6. The minimum atomic E-state index is 0.0238. The van der Waals surface area contributed by atoms with Crippen LogP contribution in [-0.4, -0.2) is 10.2 Å².